The van der Waals surface area contributed by atoms with Crippen molar-refractivity contribution < 1.29 is 13.7 Å². The largest absolute Gasteiger partial charge is 0.493 e. The Morgan fingerprint density at radius 3 is 2.79 bits per heavy atom. The lowest BCUT2D eigenvalue weighted by Crippen LogP contribution is -2.26. The predicted molar refractivity (Wildman–Crippen MR) is 73.5 cm³/mol. The van der Waals surface area contributed by atoms with Gasteiger partial charge in [-0.2, -0.15) is 5.26 Å². The summed E-state index contributed by atoms with van der Waals surface area (Å²) in [7, 11) is -0.907. The van der Waals surface area contributed by atoms with Crippen LogP contribution in [0.2, 0.25) is 0 Å². The van der Waals surface area contributed by atoms with Gasteiger partial charge in [0.05, 0.1) is 35.3 Å². The van der Waals surface area contributed by atoms with Crippen LogP contribution in [0.1, 0.15) is 18.9 Å². The first-order valence-corrected chi connectivity index (χ1v) is 7.70. The highest BCUT2D eigenvalue weighted by Crippen LogP contribution is 2.19. The summed E-state index contributed by atoms with van der Waals surface area (Å²) in [6.07, 6.45) is 0.945. The molecule has 0 aliphatic carbocycles. The van der Waals surface area contributed by atoms with Gasteiger partial charge in [0.2, 0.25) is 0 Å². The first-order chi connectivity index (χ1) is 9.20. The van der Waals surface area contributed by atoms with Crippen LogP contribution in [0.15, 0.2) is 24.3 Å². The van der Waals surface area contributed by atoms with E-state index in [1.807, 2.05) is 6.92 Å². The van der Waals surface area contributed by atoms with E-state index in [0.29, 0.717) is 30.3 Å². The number of nitrogens with zero attached hydrogens (tertiary/aromatic N) is 1. The van der Waals surface area contributed by atoms with Gasteiger partial charge in [-0.3, -0.25) is 4.21 Å². The average Bonchev–Trinajstić information content (AvgIpc) is 2.86. The van der Waals surface area contributed by atoms with Crippen LogP contribution in [0.25, 0.3) is 0 Å². The van der Waals surface area contributed by atoms with Crippen LogP contribution in [0.4, 0.5) is 0 Å². The molecule has 0 bridgehead atoms. The smallest absolute Gasteiger partial charge is 0.119 e. The second kappa shape index (κ2) is 6.69. The molecule has 0 amide bonds. The summed E-state index contributed by atoms with van der Waals surface area (Å²) in [5.41, 5.74) is 0.604. The van der Waals surface area contributed by atoms with E-state index < -0.39 is 10.8 Å². The molecule has 102 valence electrons. The minimum absolute atomic E-state index is 0.0794. The molecule has 3 unspecified atom stereocenters. The molecule has 3 atom stereocenters. The van der Waals surface area contributed by atoms with Crippen molar-refractivity contribution in [2.45, 2.75) is 24.7 Å². The number of hydrogen-bond acceptors (Lipinski definition) is 4. The molecule has 1 aromatic carbocycles. The Kier molecular flexibility index (Phi) is 4.94. The fourth-order valence-electron chi connectivity index (χ4n) is 2.08. The zero-order valence-corrected chi connectivity index (χ0v) is 11.7. The van der Waals surface area contributed by atoms with Crippen molar-refractivity contribution in [3.8, 4) is 11.8 Å². The maximum Gasteiger partial charge on any atom is 0.119 e. The Morgan fingerprint density at radius 1 is 1.47 bits per heavy atom. The van der Waals surface area contributed by atoms with Crippen molar-refractivity contribution in [2.75, 3.05) is 19.0 Å². The molecule has 2 rings (SSSR count). The van der Waals surface area contributed by atoms with Crippen molar-refractivity contribution in [3.05, 3.63) is 29.8 Å². The normalized spacial score (nSPS) is 23.8. The molecule has 0 aromatic heterocycles. The molecule has 0 N–H and O–H groups in total. The Balaban J connectivity index is 1.76. The van der Waals surface area contributed by atoms with Crippen LogP contribution in [-0.4, -0.2) is 34.5 Å². The van der Waals surface area contributed by atoms with Crippen molar-refractivity contribution in [3.63, 3.8) is 0 Å². The molecule has 1 heterocycles. The molecular weight excluding hydrogens is 262 g/mol. The van der Waals surface area contributed by atoms with E-state index in [-0.39, 0.29) is 11.4 Å². The third-order valence-corrected chi connectivity index (χ3v) is 5.04. The van der Waals surface area contributed by atoms with Gasteiger partial charge in [0.25, 0.3) is 0 Å². The van der Waals surface area contributed by atoms with E-state index in [2.05, 4.69) is 6.07 Å². The van der Waals surface area contributed by atoms with Gasteiger partial charge in [-0.1, -0.05) is 0 Å². The monoisotopic (exact) mass is 279 g/mol. The lowest BCUT2D eigenvalue weighted by Gasteiger charge is -2.13. The third-order valence-electron chi connectivity index (χ3n) is 3.18. The van der Waals surface area contributed by atoms with E-state index in [1.165, 1.54) is 0 Å². The van der Waals surface area contributed by atoms with Crippen molar-refractivity contribution in [2.24, 2.45) is 0 Å². The highest BCUT2D eigenvalue weighted by atomic mass is 32.2. The molecule has 0 radical (unpaired) electrons. The van der Waals surface area contributed by atoms with E-state index >= 15 is 0 Å². The molecule has 1 aliphatic rings. The number of benzene rings is 1. The Labute approximate surface area is 115 Å². The maximum absolute atomic E-state index is 12.1. The average molecular weight is 279 g/mol. The number of hydrogen-bond donors (Lipinski definition) is 0. The van der Waals surface area contributed by atoms with E-state index in [4.69, 9.17) is 14.7 Å². The molecule has 19 heavy (non-hydrogen) atoms. The molecule has 1 saturated heterocycles. The van der Waals surface area contributed by atoms with Gasteiger partial charge in [-0.25, -0.2) is 0 Å². The Bertz CT molecular complexity index is 480. The maximum atomic E-state index is 12.1. The Morgan fingerprint density at radius 2 is 2.21 bits per heavy atom. The van der Waals surface area contributed by atoms with E-state index in [0.717, 1.165) is 6.42 Å². The zero-order valence-electron chi connectivity index (χ0n) is 10.9. The number of rotatable bonds is 5. The Hall–Kier alpha value is -1.38. The summed E-state index contributed by atoms with van der Waals surface area (Å²) in [5.74, 6) is 1.21. The quantitative estimate of drug-likeness (QED) is 0.825. The standard InChI is InChI=1S/C14H17NO3S/c1-11-14(6-7-17-11)19(16)9-8-18-13-4-2-12(10-15)3-5-13/h2-5,11,14H,6-9H2,1H3. The second-order valence-corrected chi connectivity index (χ2v) is 6.25. The zero-order chi connectivity index (χ0) is 13.7. The van der Waals surface area contributed by atoms with Crippen LogP contribution < -0.4 is 4.74 Å². The molecule has 0 spiro atoms. The summed E-state index contributed by atoms with van der Waals surface area (Å²) in [4.78, 5) is 0. The molecule has 4 nitrogen and oxygen atoms in total. The predicted octanol–water partition coefficient (Wildman–Crippen LogP) is 1.86. The summed E-state index contributed by atoms with van der Waals surface area (Å²) in [5, 5.41) is 8.81. The van der Waals surface area contributed by atoms with Gasteiger partial charge in [-0.05, 0) is 37.6 Å². The van der Waals surface area contributed by atoms with E-state index in [9.17, 15) is 4.21 Å². The van der Waals surface area contributed by atoms with Crippen LogP contribution >= 0.6 is 0 Å². The molecule has 5 heteroatoms. The SMILES string of the molecule is CC1OCCC1S(=O)CCOc1ccc(C#N)cc1. The summed E-state index contributed by atoms with van der Waals surface area (Å²) < 4.78 is 23.0. The first-order valence-electron chi connectivity index (χ1n) is 6.32. The van der Waals surface area contributed by atoms with E-state index in [1.54, 1.807) is 24.3 Å². The fraction of sp³-hybridized carbons (Fsp3) is 0.500. The minimum atomic E-state index is -0.907. The van der Waals surface area contributed by atoms with Crippen molar-refractivity contribution in [1.82, 2.24) is 0 Å². The highest BCUT2D eigenvalue weighted by Gasteiger charge is 2.29. The summed E-state index contributed by atoms with van der Waals surface area (Å²) >= 11 is 0. The third kappa shape index (κ3) is 3.79. The molecule has 0 saturated carbocycles. The van der Waals surface area contributed by atoms with Crippen LogP contribution in [-0.2, 0) is 15.5 Å². The van der Waals surface area contributed by atoms with Crippen molar-refractivity contribution >= 4 is 10.8 Å². The number of nitriles is 1. The number of ether oxygens (including phenoxy) is 2. The molecule has 1 fully saturated rings. The molecule has 1 aromatic rings. The van der Waals surface area contributed by atoms with Gasteiger partial charge in [-0.15, -0.1) is 0 Å². The summed E-state index contributed by atoms with van der Waals surface area (Å²) in [6.45, 7) is 3.09. The van der Waals surface area contributed by atoms with Crippen LogP contribution in [0.5, 0.6) is 5.75 Å². The van der Waals surface area contributed by atoms with Gasteiger partial charge in [0.15, 0.2) is 0 Å². The van der Waals surface area contributed by atoms with Crippen LogP contribution in [0.3, 0.4) is 0 Å². The lowest BCUT2D eigenvalue weighted by atomic mass is 10.2. The minimum Gasteiger partial charge on any atom is -0.493 e. The fourth-order valence-corrected chi connectivity index (χ4v) is 3.49. The van der Waals surface area contributed by atoms with Gasteiger partial charge >= 0.3 is 0 Å². The van der Waals surface area contributed by atoms with Gasteiger partial charge in [0.1, 0.15) is 5.75 Å². The first kappa shape index (κ1) is 14.0. The van der Waals surface area contributed by atoms with Gasteiger partial charge in [0, 0.05) is 17.4 Å². The highest BCUT2D eigenvalue weighted by molar-refractivity contribution is 7.85. The van der Waals surface area contributed by atoms with Crippen molar-refractivity contribution in [1.29, 1.82) is 5.26 Å². The second-order valence-electron chi connectivity index (χ2n) is 4.47. The molecular formula is C14H17NO3S. The molecule has 1 aliphatic heterocycles. The summed E-state index contributed by atoms with van der Waals surface area (Å²) in [6, 6.07) is 8.97. The van der Waals surface area contributed by atoms with Crippen LogP contribution in [0, 0.1) is 11.3 Å². The lowest BCUT2D eigenvalue weighted by molar-refractivity contribution is 0.127. The van der Waals surface area contributed by atoms with Gasteiger partial charge < -0.3 is 9.47 Å². The topological polar surface area (TPSA) is 59.3 Å².